The number of benzene rings is 2. The van der Waals surface area contributed by atoms with Crippen LogP contribution in [0.1, 0.15) is 22.8 Å². The maximum absolute atomic E-state index is 12.6. The van der Waals surface area contributed by atoms with Gasteiger partial charge in [-0.1, -0.05) is 12.1 Å². The van der Waals surface area contributed by atoms with Gasteiger partial charge in [-0.15, -0.1) is 0 Å². The first-order chi connectivity index (χ1) is 12.8. The molecule has 0 bridgehead atoms. The minimum Gasteiger partial charge on any atom is -0.377 e. The molecule has 0 fully saturated rings. The van der Waals surface area contributed by atoms with Crippen LogP contribution in [0.5, 0.6) is 0 Å². The fraction of sp³-hybridized carbons (Fsp3) is 0.350. The van der Waals surface area contributed by atoms with Gasteiger partial charge in [0.2, 0.25) is 0 Å². The van der Waals surface area contributed by atoms with E-state index in [0.717, 1.165) is 12.2 Å². The van der Waals surface area contributed by atoms with Crippen molar-refractivity contribution in [1.29, 1.82) is 0 Å². The minimum atomic E-state index is -0.493. The Morgan fingerprint density at radius 2 is 1.93 bits per heavy atom. The highest BCUT2D eigenvalue weighted by atomic mass is 16.6. The number of aryl methyl sites for hydroxylation is 1. The van der Waals surface area contributed by atoms with E-state index in [4.69, 9.17) is 0 Å². The van der Waals surface area contributed by atoms with Gasteiger partial charge in [-0.2, -0.15) is 0 Å². The van der Waals surface area contributed by atoms with Crippen LogP contribution in [0.15, 0.2) is 42.5 Å². The Bertz CT molecular complexity index is 821. The van der Waals surface area contributed by atoms with E-state index >= 15 is 0 Å². The molecular formula is C20H26N4O3. The number of likely N-dealkylation sites (N-methyl/N-ethyl adjacent to an activating group) is 1. The Hall–Kier alpha value is -3.09. The van der Waals surface area contributed by atoms with Crippen LogP contribution in [0.2, 0.25) is 0 Å². The molecule has 2 rings (SSSR count). The predicted molar refractivity (Wildman–Crippen MR) is 109 cm³/mol. The Morgan fingerprint density at radius 3 is 2.52 bits per heavy atom. The molecule has 27 heavy (non-hydrogen) atoms. The lowest BCUT2D eigenvalue weighted by Crippen LogP contribution is -2.35. The topological polar surface area (TPSA) is 78.7 Å². The van der Waals surface area contributed by atoms with Gasteiger partial charge in [-0.25, -0.2) is 0 Å². The molecule has 0 atom stereocenters. The van der Waals surface area contributed by atoms with Crippen molar-refractivity contribution in [3.8, 4) is 0 Å². The lowest BCUT2D eigenvalue weighted by atomic mass is 10.1. The number of anilines is 2. The number of carbonyl (C=O) groups is 1. The van der Waals surface area contributed by atoms with Crippen molar-refractivity contribution in [3.63, 3.8) is 0 Å². The van der Waals surface area contributed by atoms with E-state index in [1.807, 2.05) is 25.1 Å². The Labute approximate surface area is 159 Å². The van der Waals surface area contributed by atoms with Crippen molar-refractivity contribution in [2.75, 3.05) is 43.5 Å². The summed E-state index contributed by atoms with van der Waals surface area (Å²) >= 11 is 0. The Kier molecular flexibility index (Phi) is 6.76. The van der Waals surface area contributed by atoms with E-state index in [1.54, 1.807) is 25.1 Å². The van der Waals surface area contributed by atoms with Crippen molar-refractivity contribution >= 4 is 23.0 Å². The number of nitrogens with zero attached hydrogens (tertiary/aromatic N) is 3. The highest BCUT2D eigenvalue weighted by molar-refractivity contribution is 6.00. The molecule has 0 saturated carbocycles. The van der Waals surface area contributed by atoms with E-state index in [2.05, 4.69) is 23.2 Å². The van der Waals surface area contributed by atoms with Crippen LogP contribution in [0.25, 0.3) is 0 Å². The maximum atomic E-state index is 12.6. The second kappa shape index (κ2) is 9.02. The smallest absolute Gasteiger partial charge is 0.270 e. The van der Waals surface area contributed by atoms with E-state index in [0.29, 0.717) is 24.3 Å². The summed E-state index contributed by atoms with van der Waals surface area (Å²) in [6, 6.07) is 12.5. The molecule has 0 heterocycles. The molecule has 0 aromatic heterocycles. The van der Waals surface area contributed by atoms with Gasteiger partial charge in [0.25, 0.3) is 11.6 Å². The van der Waals surface area contributed by atoms with Crippen LogP contribution < -0.4 is 15.1 Å². The third-order valence-electron chi connectivity index (χ3n) is 4.33. The van der Waals surface area contributed by atoms with Gasteiger partial charge in [-0.05, 0) is 37.6 Å². The van der Waals surface area contributed by atoms with Crippen LogP contribution >= 0.6 is 0 Å². The molecule has 0 radical (unpaired) electrons. The summed E-state index contributed by atoms with van der Waals surface area (Å²) in [7, 11) is 3.60. The molecule has 2 aromatic carbocycles. The second-order valence-corrected chi connectivity index (χ2v) is 6.53. The monoisotopic (exact) mass is 370 g/mol. The zero-order chi connectivity index (χ0) is 20.0. The van der Waals surface area contributed by atoms with E-state index in [-0.39, 0.29) is 11.6 Å². The zero-order valence-electron chi connectivity index (χ0n) is 16.2. The summed E-state index contributed by atoms with van der Waals surface area (Å²) in [5.74, 6) is -0.317. The predicted octanol–water partition coefficient (Wildman–Crippen LogP) is 3.23. The van der Waals surface area contributed by atoms with E-state index in [9.17, 15) is 14.9 Å². The SMILES string of the molecule is CCN(CCNC(=O)c1cc([N+](=O)[O-])ccc1N(C)C)c1cccc(C)c1. The molecule has 0 aliphatic carbocycles. The lowest BCUT2D eigenvalue weighted by Gasteiger charge is -2.24. The van der Waals surface area contributed by atoms with Gasteiger partial charge in [0.05, 0.1) is 10.5 Å². The van der Waals surface area contributed by atoms with Crippen LogP contribution in [-0.2, 0) is 0 Å². The van der Waals surface area contributed by atoms with Gasteiger partial charge < -0.3 is 15.1 Å². The average Bonchev–Trinajstić information content (AvgIpc) is 2.64. The minimum absolute atomic E-state index is 0.0966. The molecule has 0 spiro atoms. The third-order valence-corrected chi connectivity index (χ3v) is 4.33. The summed E-state index contributed by atoms with van der Waals surface area (Å²) in [6.07, 6.45) is 0. The first-order valence-electron chi connectivity index (χ1n) is 8.89. The van der Waals surface area contributed by atoms with Gasteiger partial charge in [0.15, 0.2) is 0 Å². The van der Waals surface area contributed by atoms with Crippen molar-refractivity contribution in [2.24, 2.45) is 0 Å². The maximum Gasteiger partial charge on any atom is 0.270 e. The molecule has 1 amide bonds. The molecule has 1 N–H and O–H groups in total. The van der Waals surface area contributed by atoms with E-state index in [1.165, 1.54) is 17.7 Å². The van der Waals surface area contributed by atoms with Crippen molar-refractivity contribution in [1.82, 2.24) is 5.32 Å². The molecule has 0 aliphatic rings. The molecule has 7 nitrogen and oxygen atoms in total. The Balaban J connectivity index is 2.08. The number of nitrogens with one attached hydrogen (secondary N) is 1. The van der Waals surface area contributed by atoms with E-state index < -0.39 is 4.92 Å². The fourth-order valence-electron chi connectivity index (χ4n) is 2.90. The molecule has 0 aliphatic heterocycles. The summed E-state index contributed by atoms with van der Waals surface area (Å²) in [5, 5.41) is 13.9. The summed E-state index contributed by atoms with van der Waals surface area (Å²) in [6.45, 7) is 6.02. The third kappa shape index (κ3) is 5.20. The first-order valence-corrected chi connectivity index (χ1v) is 8.89. The fourth-order valence-corrected chi connectivity index (χ4v) is 2.90. The molecule has 0 unspecified atom stereocenters. The van der Waals surface area contributed by atoms with Crippen molar-refractivity contribution in [3.05, 3.63) is 63.7 Å². The number of rotatable bonds is 8. The highest BCUT2D eigenvalue weighted by Gasteiger charge is 2.18. The number of amides is 1. The van der Waals surface area contributed by atoms with Gasteiger partial charge >= 0.3 is 0 Å². The number of nitro benzene ring substituents is 1. The highest BCUT2D eigenvalue weighted by Crippen LogP contribution is 2.24. The number of non-ortho nitro benzene ring substituents is 1. The van der Waals surface area contributed by atoms with Crippen LogP contribution in [0.3, 0.4) is 0 Å². The molecule has 7 heteroatoms. The molecule has 0 saturated heterocycles. The second-order valence-electron chi connectivity index (χ2n) is 6.53. The molecule has 2 aromatic rings. The van der Waals surface area contributed by atoms with Crippen molar-refractivity contribution in [2.45, 2.75) is 13.8 Å². The van der Waals surface area contributed by atoms with Crippen LogP contribution in [0.4, 0.5) is 17.1 Å². The lowest BCUT2D eigenvalue weighted by molar-refractivity contribution is -0.384. The zero-order valence-corrected chi connectivity index (χ0v) is 16.2. The number of nitro groups is 1. The largest absolute Gasteiger partial charge is 0.377 e. The van der Waals surface area contributed by atoms with Gasteiger partial charge in [0, 0.05) is 57.2 Å². The summed E-state index contributed by atoms with van der Waals surface area (Å²) in [5.41, 5.74) is 3.14. The van der Waals surface area contributed by atoms with Gasteiger partial charge in [0.1, 0.15) is 0 Å². The van der Waals surface area contributed by atoms with Crippen LogP contribution in [-0.4, -0.2) is 44.6 Å². The number of carbonyl (C=O) groups excluding carboxylic acids is 1. The molecule has 144 valence electrons. The first kappa shape index (κ1) is 20.2. The standard InChI is InChI=1S/C20H26N4O3/c1-5-23(16-8-6-7-15(2)13-16)12-11-21-20(25)18-14-17(24(26)27)9-10-19(18)22(3)4/h6-10,13-14H,5,11-12H2,1-4H3,(H,21,25). The Morgan fingerprint density at radius 1 is 1.19 bits per heavy atom. The van der Waals surface area contributed by atoms with Crippen molar-refractivity contribution < 1.29 is 9.72 Å². The normalized spacial score (nSPS) is 10.4. The quantitative estimate of drug-likeness (QED) is 0.570. The summed E-state index contributed by atoms with van der Waals surface area (Å²) < 4.78 is 0. The average molecular weight is 370 g/mol. The molecular weight excluding hydrogens is 344 g/mol. The van der Waals surface area contributed by atoms with Gasteiger partial charge in [-0.3, -0.25) is 14.9 Å². The summed E-state index contributed by atoms with van der Waals surface area (Å²) in [4.78, 5) is 27.1. The van der Waals surface area contributed by atoms with Crippen LogP contribution in [0, 0.1) is 17.0 Å². The number of hydrogen-bond acceptors (Lipinski definition) is 5. The number of hydrogen-bond donors (Lipinski definition) is 1.